The Balaban J connectivity index is 1.71. The SMILES string of the molecule is C=Cc1c(COc2cccc(NC(=O)c3ccccc3Cl)c2)csc1/C(C)=C\C. The lowest BCUT2D eigenvalue weighted by Gasteiger charge is -2.10. The average Bonchev–Trinajstić information content (AvgIpc) is 3.15. The molecule has 1 aromatic heterocycles. The summed E-state index contributed by atoms with van der Waals surface area (Å²) in [5.74, 6) is 0.415. The summed E-state index contributed by atoms with van der Waals surface area (Å²) >= 11 is 7.79. The lowest BCUT2D eigenvalue weighted by atomic mass is 10.1. The van der Waals surface area contributed by atoms with E-state index in [-0.39, 0.29) is 5.91 Å². The van der Waals surface area contributed by atoms with Crippen LogP contribution in [-0.4, -0.2) is 5.91 Å². The van der Waals surface area contributed by atoms with E-state index in [0.717, 1.165) is 11.1 Å². The van der Waals surface area contributed by atoms with Crippen LogP contribution in [-0.2, 0) is 6.61 Å². The van der Waals surface area contributed by atoms with Crippen LogP contribution in [0.5, 0.6) is 5.75 Å². The average molecular weight is 424 g/mol. The van der Waals surface area contributed by atoms with E-state index in [1.165, 1.54) is 10.5 Å². The number of anilines is 1. The van der Waals surface area contributed by atoms with Gasteiger partial charge in [0.2, 0.25) is 0 Å². The first kappa shape index (κ1) is 20.9. The van der Waals surface area contributed by atoms with E-state index in [4.69, 9.17) is 16.3 Å². The fourth-order valence-corrected chi connectivity index (χ4v) is 4.17. The van der Waals surface area contributed by atoms with Crippen LogP contribution in [0.1, 0.15) is 40.2 Å². The maximum atomic E-state index is 12.5. The van der Waals surface area contributed by atoms with Gasteiger partial charge in [-0.1, -0.05) is 48.5 Å². The zero-order valence-corrected chi connectivity index (χ0v) is 17.9. The van der Waals surface area contributed by atoms with Crippen molar-refractivity contribution in [2.75, 3.05) is 5.32 Å². The molecule has 5 heteroatoms. The van der Waals surface area contributed by atoms with Crippen molar-refractivity contribution in [2.45, 2.75) is 20.5 Å². The summed E-state index contributed by atoms with van der Waals surface area (Å²) in [4.78, 5) is 13.7. The smallest absolute Gasteiger partial charge is 0.257 e. The molecule has 0 aliphatic rings. The molecule has 1 heterocycles. The van der Waals surface area contributed by atoms with Crippen LogP contribution in [0.25, 0.3) is 11.6 Å². The van der Waals surface area contributed by atoms with E-state index < -0.39 is 0 Å². The Bertz CT molecular complexity index is 1070. The van der Waals surface area contributed by atoms with Gasteiger partial charge in [0.05, 0.1) is 10.6 Å². The van der Waals surface area contributed by atoms with Crippen molar-refractivity contribution in [3.63, 3.8) is 0 Å². The van der Waals surface area contributed by atoms with E-state index in [0.29, 0.717) is 28.6 Å². The number of allylic oxidation sites excluding steroid dienone is 2. The molecule has 3 aromatic rings. The van der Waals surface area contributed by atoms with Gasteiger partial charge in [-0.25, -0.2) is 0 Å². The molecule has 0 fully saturated rings. The summed E-state index contributed by atoms with van der Waals surface area (Å²) in [6.45, 7) is 8.49. The monoisotopic (exact) mass is 423 g/mol. The van der Waals surface area contributed by atoms with E-state index in [9.17, 15) is 4.79 Å². The minimum atomic E-state index is -0.258. The Morgan fingerprint density at radius 2 is 2.03 bits per heavy atom. The van der Waals surface area contributed by atoms with E-state index in [1.54, 1.807) is 41.7 Å². The van der Waals surface area contributed by atoms with Gasteiger partial charge in [0.25, 0.3) is 5.91 Å². The van der Waals surface area contributed by atoms with Gasteiger partial charge in [-0.3, -0.25) is 4.79 Å². The van der Waals surface area contributed by atoms with Gasteiger partial charge in [-0.05, 0) is 54.6 Å². The Hall–Kier alpha value is -2.82. The number of thiophene rings is 1. The van der Waals surface area contributed by atoms with Gasteiger partial charge in [0.1, 0.15) is 12.4 Å². The molecule has 0 saturated carbocycles. The highest BCUT2D eigenvalue weighted by atomic mass is 35.5. The third kappa shape index (κ3) is 4.97. The molecule has 3 nitrogen and oxygen atoms in total. The molecule has 0 bridgehead atoms. The van der Waals surface area contributed by atoms with Crippen LogP contribution in [0.3, 0.4) is 0 Å². The van der Waals surface area contributed by atoms with Crippen LogP contribution in [0.4, 0.5) is 5.69 Å². The predicted octanol–water partition coefficient (Wildman–Crippen LogP) is 7.30. The first-order valence-electron chi connectivity index (χ1n) is 9.18. The molecule has 0 radical (unpaired) electrons. The van der Waals surface area contributed by atoms with Crippen molar-refractivity contribution in [1.29, 1.82) is 0 Å². The van der Waals surface area contributed by atoms with Gasteiger partial charge < -0.3 is 10.1 Å². The van der Waals surface area contributed by atoms with Gasteiger partial charge in [0, 0.05) is 22.2 Å². The van der Waals surface area contributed by atoms with Gasteiger partial charge in [-0.2, -0.15) is 0 Å². The largest absolute Gasteiger partial charge is 0.489 e. The maximum Gasteiger partial charge on any atom is 0.257 e. The number of carbonyl (C=O) groups is 1. The highest BCUT2D eigenvalue weighted by molar-refractivity contribution is 7.11. The minimum Gasteiger partial charge on any atom is -0.489 e. The second kappa shape index (κ2) is 9.59. The summed E-state index contributed by atoms with van der Waals surface area (Å²) in [5, 5.41) is 5.38. The number of halogens is 1. The second-order valence-corrected chi connectivity index (χ2v) is 7.72. The van der Waals surface area contributed by atoms with Crippen LogP contribution in [0, 0.1) is 0 Å². The van der Waals surface area contributed by atoms with Crippen molar-refractivity contribution >= 4 is 46.2 Å². The molecule has 0 aliphatic carbocycles. The first-order chi connectivity index (χ1) is 14.0. The molecule has 1 amide bonds. The van der Waals surface area contributed by atoms with Crippen LogP contribution in [0.2, 0.25) is 5.02 Å². The Kier molecular flexibility index (Phi) is 6.91. The van der Waals surface area contributed by atoms with Gasteiger partial charge in [0.15, 0.2) is 0 Å². The molecule has 0 saturated heterocycles. The minimum absolute atomic E-state index is 0.258. The molecule has 2 aromatic carbocycles. The zero-order valence-electron chi connectivity index (χ0n) is 16.4. The maximum absolute atomic E-state index is 12.5. The van der Waals surface area contributed by atoms with Gasteiger partial charge in [-0.15, -0.1) is 11.3 Å². The third-order valence-electron chi connectivity index (χ3n) is 4.51. The molecular weight excluding hydrogens is 402 g/mol. The molecule has 0 aliphatic heterocycles. The Morgan fingerprint density at radius 1 is 1.24 bits per heavy atom. The molecule has 148 valence electrons. The molecule has 29 heavy (non-hydrogen) atoms. The summed E-state index contributed by atoms with van der Waals surface area (Å²) in [6, 6.07) is 14.3. The van der Waals surface area contributed by atoms with Crippen molar-refractivity contribution in [2.24, 2.45) is 0 Å². The topological polar surface area (TPSA) is 38.3 Å². The van der Waals surface area contributed by atoms with Crippen molar-refractivity contribution in [1.82, 2.24) is 0 Å². The summed E-state index contributed by atoms with van der Waals surface area (Å²) in [7, 11) is 0. The standard InChI is InChI=1S/C24H22ClNO2S/c1-4-16(3)23-20(5-2)17(15-29-23)14-28-19-10-8-9-18(13-19)26-24(27)21-11-6-7-12-22(21)25/h4-13,15H,2,14H2,1,3H3,(H,26,27)/b16-4-. The number of carbonyl (C=O) groups excluding carboxylic acids is 1. The number of benzene rings is 2. The fourth-order valence-electron chi connectivity index (χ4n) is 2.84. The third-order valence-corrected chi connectivity index (χ3v) is 6.02. The van der Waals surface area contributed by atoms with Crippen molar-refractivity contribution in [3.8, 4) is 5.75 Å². The van der Waals surface area contributed by atoms with Crippen LogP contribution >= 0.6 is 22.9 Å². The number of hydrogen-bond donors (Lipinski definition) is 1. The van der Waals surface area contributed by atoms with Crippen LogP contribution in [0.15, 0.2) is 66.6 Å². The first-order valence-corrected chi connectivity index (χ1v) is 10.4. The predicted molar refractivity (Wildman–Crippen MR) is 124 cm³/mol. The molecule has 0 unspecified atom stereocenters. The summed E-state index contributed by atoms with van der Waals surface area (Å²) in [6.07, 6.45) is 3.96. The number of nitrogens with one attached hydrogen (secondary N) is 1. The molecule has 0 atom stereocenters. The number of amides is 1. The molecule has 1 N–H and O–H groups in total. The number of rotatable bonds is 7. The van der Waals surface area contributed by atoms with Crippen LogP contribution < -0.4 is 10.1 Å². The molecule has 0 spiro atoms. The second-order valence-electron chi connectivity index (χ2n) is 6.43. The number of hydrogen-bond acceptors (Lipinski definition) is 3. The fraction of sp³-hybridized carbons (Fsp3) is 0.125. The highest BCUT2D eigenvalue weighted by Gasteiger charge is 2.12. The van der Waals surface area contributed by atoms with E-state index in [1.807, 2.05) is 31.2 Å². The van der Waals surface area contributed by atoms with E-state index in [2.05, 4.69) is 30.3 Å². The van der Waals surface area contributed by atoms with Gasteiger partial charge >= 0.3 is 0 Å². The lowest BCUT2D eigenvalue weighted by Crippen LogP contribution is -2.12. The molecular formula is C24H22ClNO2S. The normalized spacial score (nSPS) is 11.2. The zero-order chi connectivity index (χ0) is 20.8. The van der Waals surface area contributed by atoms with Crippen molar-refractivity contribution in [3.05, 3.63) is 93.2 Å². The summed E-state index contributed by atoms with van der Waals surface area (Å²) < 4.78 is 5.98. The quantitative estimate of drug-likeness (QED) is 0.433. The Labute approximate surface area is 180 Å². The molecule has 3 rings (SSSR count). The lowest BCUT2D eigenvalue weighted by molar-refractivity contribution is 0.102. The Morgan fingerprint density at radius 3 is 2.76 bits per heavy atom. The van der Waals surface area contributed by atoms with Crippen molar-refractivity contribution < 1.29 is 9.53 Å². The van der Waals surface area contributed by atoms with E-state index >= 15 is 0 Å². The highest BCUT2D eigenvalue weighted by Crippen LogP contribution is 2.31. The number of ether oxygens (including phenoxy) is 1. The summed E-state index contributed by atoms with van der Waals surface area (Å²) in [5.41, 5.74) is 4.49.